The molecular weight excluding hydrogens is 232 g/mol. The Hall–Kier alpha value is -0.0800. The highest BCUT2D eigenvalue weighted by Crippen LogP contribution is 2.24. The molecule has 2 rings (SSSR count). The molecular formula is C17H34N2. The van der Waals surface area contributed by atoms with Gasteiger partial charge in [-0.3, -0.25) is 4.90 Å². The van der Waals surface area contributed by atoms with Gasteiger partial charge in [0.25, 0.3) is 0 Å². The second-order valence-corrected chi connectivity index (χ2v) is 6.84. The van der Waals surface area contributed by atoms with Crippen molar-refractivity contribution in [2.45, 2.75) is 83.7 Å². The lowest BCUT2D eigenvalue weighted by molar-refractivity contribution is 0.160. The van der Waals surface area contributed by atoms with Crippen molar-refractivity contribution in [1.29, 1.82) is 0 Å². The first-order chi connectivity index (χ1) is 9.29. The maximum absolute atomic E-state index is 3.81. The molecule has 0 aromatic rings. The van der Waals surface area contributed by atoms with Crippen LogP contribution in [0.15, 0.2) is 0 Å². The van der Waals surface area contributed by atoms with E-state index in [9.17, 15) is 0 Å². The van der Waals surface area contributed by atoms with Gasteiger partial charge in [-0.15, -0.1) is 0 Å². The smallest absolute Gasteiger partial charge is 0.0110 e. The number of likely N-dealkylation sites (N-methyl/N-ethyl adjacent to an activating group) is 1. The molecule has 0 aliphatic heterocycles. The lowest BCUT2D eigenvalue weighted by Crippen LogP contribution is -2.43. The normalized spacial score (nSPS) is 29.8. The molecule has 2 aliphatic rings. The molecule has 0 aromatic heterocycles. The average Bonchev–Trinajstić information content (AvgIpc) is 2.45. The first-order valence-electron chi connectivity index (χ1n) is 8.77. The van der Waals surface area contributed by atoms with Crippen LogP contribution in [0.5, 0.6) is 0 Å². The van der Waals surface area contributed by atoms with Gasteiger partial charge in [0.15, 0.2) is 0 Å². The summed E-state index contributed by atoms with van der Waals surface area (Å²) in [6.07, 6.45) is 12.9. The van der Waals surface area contributed by atoms with Gasteiger partial charge in [-0.2, -0.15) is 0 Å². The molecule has 112 valence electrons. The van der Waals surface area contributed by atoms with Crippen LogP contribution in [0.1, 0.15) is 71.6 Å². The Labute approximate surface area is 120 Å². The minimum atomic E-state index is 0.800. The van der Waals surface area contributed by atoms with Gasteiger partial charge < -0.3 is 5.32 Å². The molecule has 2 heteroatoms. The fourth-order valence-corrected chi connectivity index (χ4v) is 4.08. The predicted molar refractivity (Wildman–Crippen MR) is 83.5 cm³/mol. The summed E-state index contributed by atoms with van der Waals surface area (Å²) in [6, 6.07) is 1.68. The quantitative estimate of drug-likeness (QED) is 0.786. The number of hydrogen-bond acceptors (Lipinski definition) is 2. The average molecular weight is 266 g/mol. The van der Waals surface area contributed by atoms with Gasteiger partial charge >= 0.3 is 0 Å². The highest BCUT2D eigenvalue weighted by Gasteiger charge is 2.21. The van der Waals surface area contributed by atoms with Crippen molar-refractivity contribution >= 4 is 0 Å². The molecule has 2 aliphatic carbocycles. The van der Waals surface area contributed by atoms with Crippen molar-refractivity contribution in [2.24, 2.45) is 5.92 Å². The van der Waals surface area contributed by atoms with E-state index >= 15 is 0 Å². The van der Waals surface area contributed by atoms with Crippen molar-refractivity contribution in [1.82, 2.24) is 10.2 Å². The van der Waals surface area contributed by atoms with Gasteiger partial charge in [-0.05, 0) is 38.1 Å². The Bertz CT molecular complexity index is 235. The van der Waals surface area contributed by atoms with E-state index < -0.39 is 0 Å². The number of nitrogens with one attached hydrogen (secondary N) is 1. The lowest BCUT2D eigenvalue weighted by atomic mass is 9.87. The third kappa shape index (κ3) is 5.07. The van der Waals surface area contributed by atoms with E-state index in [0.29, 0.717) is 0 Å². The number of rotatable bonds is 6. The van der Waals surface area contributed by atoms with Crippen molar-refractivity contribution in [3.8, 4) is 0 Å². The molecule has 19 heavy (non-hydrogen) atoms. The van der Waals surface area contributed by atoms with E-state index in [1.54, 1.807) is 0 Å². The third-order valence-corrected chi connectivity index (χ3v) is 5.27. The Kier molecular flexibility index (Phi) is 6.66. The molecule has 1 N–H and O–H groups in total. The lowest BCUT2D eigenvalue weighted by Gasteiger charge is -2.34. The van der Waals surface area contributed by atoms with Gasteiger partial charge in [-0.25, -0.2) is 0 Å². The summed E-state index contributed by atoms with van der Waals surface area (Å²) < 4.78 is 0. The van der Waals surface area contributed by atoms with Crippen LogP contribution in [0.3, 0.4) is 0 Å². The van der Waals surface area contributed by atoms with Gasteiger partial charge in [0, 0.05) is 25.2 Å². The molecule has 0 aromatic carbocycles. The molecule has 2 atom stereocenters. The number of nitrogens with zero attached hydrogens (tertiary/aromatic N) is 1. The second-order valence-electron chi connectivity index (χ2n) is 6.84. The summed E-state index contributed by atoms with van der Waals surface area (Å²) in [5.41, 5.74) is 0. The molecule has 0 radical (unpaired) electrons. The minimum absolute atomic E-state index is 0.800. The van der Waals surface area contributed by atoms with E-state index in [0.717, 1.165) is 18.0 Å². The Balaban J connectivity index is 1.64. The summed E-state index contributed by atoms with van der Waals surface area (Å²) in [5, 5.41) is 3.81. The van der Waals surface area contributed by atoms with E-state index in [1.165, 1.54) is 77.4 Å². The highest BCUT2D eigenvalue weighted by atomic mass is 15.2. The summed E-state index contributed by atoms with van der Waals surface area (Å²) in [6.45, 7) is 8.42. The molecule has 0 saturated heterocycles. The highest BCUT2D eigenvalue weighted by molar-refractivity contribution is 4.78. The largest absolute Gasteiger partial charge is 0.313 e. The van der Waals surface area contributed by atoms with Gasteiger partial charge in [0.2, 0.25) is 0 Å². The molecule has 0 amide bonds. The fourth-order valence-electron chi connectivity index (χ4n) is 4.08. The first kappa shape index (κ1) is 15.3. The topological polar surface area (TPSA) is 15.3 Å². The van der Waals surface area contributed by atoms with Gasteiger partial charge in [-0.1, -0.05) is 46.0 Å². The minimum Gasteiger partial charge on any atom is -0.313 e. The van der Waals surface area contributed by atoms with Crippen LogP contribution in [0.4, 0.5) is 0 Å². The summed E-state index contributed by atoms with van der Waals surface area (Å²) in [5.74, 6) is 0.937. The summed E-state index contributed by atoms with van der Waals surface area (Å²) in [4.78, 5) is 2.72. The third-order valence-electron chi connectivity index (χ3n) is 5.27. The van der Waals surface area contributed by atoms with Crippen LogP contribution in [0.2, 0.25) is 0 Å². The van der Waals surface area contributed by atoms with Crippen LogP contribution < -0.4 is 5.32 Å². The van der Waals surface area contributed by atoms with Gasteiger partial charge in [0.1, 0.15) is 0 Å². The van der Waals surface area contributed by atoms with E-state index in [4.69, 9.17) is 0 Å². The van der Waals surface area contributed by atoms with E-state index in [-0.39, 0.29) is 0 Å². The van der Waals surface area contributed by atoms with E-state index in [2.05, 4.69) is 24.1 Å². The summed E-state index contributed by atoms with van der Waals surface area (Å²) >= 11 is 0. The molecule has 2 saturated carbocycles. The standard InChI is InChI=1S/C17H34N2/c1-3-19(17-10-5-4-6-11-17)13-12-18-16-9-7-8-15(2)14-16/h15-18H,3-14H2,1-2H3. The van der Waals surface area contributed by atoms with Crippen molar-refractivity contribution < 1.29 is 0 Å². The van der Waals surface area contributed by atoms with Crippen LogP contribution >= 0.6 is 0 Å². The van der Waals surface area contributed by atoms with Crippen molar-refractivity contribution in [2.75, 3.05) is 19.6 Å². The maximum atomic E-state index is 3.81. The molecule has 2 unspecified atom stereocenters. The van der Waals surface area contributed by atoms with Gasteiger partial charge in [0.05, 0.1) is 0 Å². The maximum Gasteiger partial charge on any atom is 0.0110 e. The van der Waals surface area contributed by atoms with Crippen LogP contribution in [-0.4, -0.2) is 36.6 Å². The van der Waals surface area contributed by atoms with Crippen LogP contribution in [0.25, 0.3) is 0 Å². The fraction of sp³-hybridized carbons (Fsp3) is 1.00. The Morgan fingerprint density at radius 1 is 1.00 bits per heavy atom. The zero-order chi connectivity index (χ0) is 13.5. The Morgan fingerprint density at radius 2 is 1.79 bits per heavy atom. The zero-order valence-electron chi connectivity index (χ0n) is 13.2. The van der Waals surface area contributed by atoms with Crippen molar-refractivity contribution in [3.05, 3.63) is 0 Å². The molecule has 2 fully saturated rings. The molecule has 0 bridgehead atoms. The Morgan fingerprint density at radius 3 is 2.47 bits per heavy atom. The van der Waals surface area contributed by atoms with E-state index in [1.807, 2.05) is 0 Å². The summed E-state index contributed by atoms with van der Waals surface area (Å²) in [7, 11) is 0. The first-order valence-corrected chi connectivity index (χ1v) is 8.77. The SMILES string of the molecule is CCN(CCNC1CCCC(C)C1)C1CCCCC1. The molecule has 2 nitrogen and oxygen atoms in total. The zero-order valence-corrected chi connectivity index (χ0v) is 13.2. The molecule has 0 heterocycles. The monoisotopic (exact) mass is 266 g/mol. The molecule has 0 spiro atoms. The van der Waals surface area contributed by atoms with Crippen molar-refractivity contribution in [3.63, 3.8) is 0 Å². The van der Waals surface area contributed by atoms with Crippen LogP contribution in [0, 0.1) is 5.92 Å². The van der Waals surface area contributed by atoms with Crippen LogP contribution in [-0.2, 0) is 0 Å². The number of hydrogen-bond donors (Lipinski definition) is 1. The second kappa shape index (κ2) is 8.26. The predicted octanol–water partition coefficient (Wildman–Crippen LogP) is 3.81.